The molecule has 0 bridgehead atoms. The van der Waals surface area contributed by atoms with E-state index in [0.29, 0.717) is 52.7 Å². The summed E-state index contributed by atoms with van der Waals surface area (Å²) in [7, 11) is 0. The molecule has 0 radical (unpaired) electrons. The Morgan fingerprint density at radius 1 is 0.933 bits per heavy atom. The number of hydrogen-bond acceptors (Lipinski definition) is 5. The van der Waals surface area contributed by atoms with Gasteiger partial charge in [-0.3, -0.25) is 0 Å². The zero-order valence-corrected chi connectivity index (χ0v) is 9.06. The first kappa shape index (κ1) is 14.2. The van der Waals surface area contributed by atoms with Crippen molar-refractivity contribution in [3.8, 4) is 0 Å². The van der Waals surface area contributed by atoms with E-state index in [1.54, 1.807) is 0 Å². The van der Waals surface area contributed by atoms with Crippen LogP contribution in [0.15, 0.2) is 5.11 Å². The molecule has 0 saturated carbocycles. The first-order chi connectivity index (χ1) is 7.41. The highest BCUT2D eigenvalue weighted by atomic mass is 16.5. The average Bonchev–Trinajstić information content (AvgIpc) is 2.26. The molecule has 0 atom stereocenters. The van der Waals surface area contributed by atoms with Crippen LogP contribution in [0, 0.1) is 0 Å². The van der Waals surface area contributed by atoms with E-state index in [1.165, 1.54) is 0 Å². The largest absolute Gasteiger partial charge is 0.378 e. The fourth-order valence-corrected chi connectivity index (χ4v) is 0.801. The molecule has 0 fully saturated rings. The maximum absolute atomic E-state index is 5.24. The van der Waals surface area contributed by atoms with Crippen LogP contribution < -0.4 is 5.73 Å². The lowest BCUT2D eigenvalue weighted by atomic mass is 10.7. The number of nitrogens with two attached hydrogens (primary N) is 1. The summed E-state index contributed by atoms with van der Waals surface area (Å²) in [6.45, 7) is 7.71. The molecule has 2 N–H and O–H groups in total. The first-order valence-electron chi connectivity index (χ1n) is 4.97. The molecule has 0 aliphatic carbocycles. The Labute approximate surface area is 90.1 Å². The molecule has 0 unspecified atom stereocenters. The summed E-state index contributed by atoms with van der Waals surface area (Å²) in [5.74, 6) is 0. The molecular formula is C9H20N3O3+. The lowest BCUT2D eigenvalue weighted by molar-refractivity contribution is -0.0826. The Morgan fingerprint density at radius 3 is 2.00 bits per heavy atom. The quantitative estimate of drug-likeness (QED) is 0.216. The second-order valence-electron chi connectivity index (χ2n) is 2.63. The summed E-state index contributed by atoms with van der Waals surface area (Å²) in [5.41, 5.74) is 5.24. The molecule has 0 aliphatic heterocycles. The normalized spacial score (nSPS) is 9.93. The third-order valence-corrected chi connectivity index (χ3v) is 1.44. The van der Waals surface area contributed by atoms with E-state index in [2.05, 4.69) is 16.6 Å². The zero-order chi connectivity index (χ0) is 11.2. The smallest absolute Gasteiger partial charge is 0.295 e. The van der Waals surface area contributed by atoms with Crippen LogP contribution in [0.4, 0.5) is 0 Å². The third kappa shape index (κ3) is 13.2. The van der Waals surface area contributed by atoms with Gasteiger partial charge in [-0.05, 0) is 0 Å². The molecular weight excluding hydrogens is 198 g/mol. The Hall–Kier alpha value is -0.780. The molecule has 0 heterocycles. The van der Waals surface area contributed by atoms with Crippen LogP contribution in [0.2, 0.25) is 0 Å². The highest BCUT2D eigenvalue weighted by molar-refractivity contribution is 5.12. The predicted molar refractivity (Wildman–Crippen MR) is 56.2 cm³/mol. The SMILES string of the molecule is C=[N+]=NCCOCCOCCOCCN. The van der Waals surface area contributed by atoms with Crippen molar-refractivity contribution in [2.45, 2.75) is 0 Å². The summed E-state index contributed by atoms with van der Waals surface area (Å²) in [5, 5.41) is 3.66. The summed E-state index contributed by atoms with van der Waals surface area (Å²) < 4.78 is 15.5. The molecule has 6 nitrogen and oxygen atoms in total. The van der Waals surface area contributed by atoms with Crippen LogP contribution in [0.25, 0.3) is 0 Å². The molecule has 0 aromatic carbocycles. The van der Waals surface area contributed by atoms with Crippen molar-refractivity contribution in [3.63, 3.8) is 0 Å². The van der Waals surface area contributed by atoms with Crippen LogP contribution in [-0.4, -0.2) is 64.2 Å². The number of nitrogens with zero attached hydrogens (tertiary/aromatic N) is 2. The molecule has 6 heteroatoms. The molecule has 0 aromatic rings. The van der Waals surface area contributed by atoms with Crippen molar-refractivity contribution in [3.05, 3.63) is 0 Å². The van der Waals surface area contributed by atoms with Gasteiger partial charge >= 0.3 is 0 Å². The van der Waals surface area contributed by atoms with Crippen LogP contribution in [0.1, 0.15) is 0 Å². The summed E-state index contributed by atoms with van der Waals surface area (Å²) in [4.78, 5) is 3.35. The van der Waals surface area contributed by atoms with E-state index >= 15 is 0 Å². The van der Waals surface area contributed by atoms with Gasteiger partial charge in [-0.25, -0.2) is 0 Å². The van der Waals surface area contributed by atoms with E-state index in [9.17, 15) is 0 Å². The summed E-state index contributed by atoms with van der Waals surface area (Å²) >= 11 is 0. The minimum Gasteiger partial charge on any atom is -0.378 e. The molecule has 15 heavy (non-hydrogen) atoms. The lowest BCUT2D eigenvalue weighted by Crippen LogP contribution is -2.13. The lowest BCUT2D eigenvalue weighted by Gasteiger charge is -2.04. The van der Waals surface area contributed by atoms with Gasteiger partial charge < -0.3 is 19.9 Å². The van der Waals surface area contributed by atoms with Gasteiger partial charge in [0.05, 0.1) is 44.8 Å². The van der Waals surface area contributed by atoms with Gasteiger partial charge in [-0.15, -0.1) is 0 Å². The molecule has 0 spiro atoms. The Bertz CT molecular complexity index is 172. The van der Waals surface area contributed by atoms with Crippen LogP contribution in [-0.2, 0) is 14.2 Å². The van der Waals surface area contributed by atoms with Crippen molar-refractivity contribution < 1.29 is 19.0 Å². The van der Waals surface area contributed by atoms with Crippen molar-refractivity contribution in [2.24, 2.45) is 10.8 Å². The van der Waals surface area contributed by atoms with E-state index in [0.717, 1.165) is 0 Å². The van der Waals surface area contributed by atoms with Gasteiger partial charge in [0.15, 0.2) is 0 Å². The van der Waals surface area contributed by atoms with Gasteiger partial charge in [0.25, 0.3) is 6.72 Å². The second-order valence-corrected chi connectivity index (χ2v) is 2.63. The highest BCUT2D eigenvalue weighted by Crippen LogP contribution is 1.81. The minimum atomic E-state index is 0.545. The Balaban J connectivity index is 2.89. The van der Waals surface area contributed by atoms with Crippen LogP contribution in [0.3, 0.4) is 0 Å². The number of ether oxygens (including phenoxy) is 3. The maximum atomic E-state index is 5.24. The van der Waals surface area contributed by atoms with Crippen molar-refractivity contribution in [1.82, 2.24) is 0 Å². The van der Waals surface area contributed by atoms with Gasteiger partial charge in [0.2, 0.25) is 0 Å². The first-order valence-corrected chi connectivity index (χ1v) is 4.97. The van der Waals surface area contributed by atoms with E-state index < -0.39 is 0 Å². The van der Waals surface area contributed by atoms with Gasteiger partial charge in [-0.1, -0.05) is 0 Å². The minimum absolute atomic E-state index is 0.545. The Kier molecular flexibility index (Phi) is 12.5. The predicted octanol–water partition coefficient (Wildman–Crippen LogP) is -0.644. The maximum Gasteiger partial charge on any atom is 0.295 e. The topological polar surface area (TPSA) is 80.2 Å². The second kappa shape index (κ2) is 13.2. The fraction of sp³-hybridized carbons (Fsp3) is 0.889. The van der Waals surface area contributed by atoms with Crippen molar-refractivity contribution in [2.75, 3.05) is 52.7 Å². The summed E-state index contributed by atoms with van der Waals surface area (Å²) in [6, 6.07) is 0. The van der Waals surface area contributed by atoms with E-state index in [4.69, 9.17) is 19.9 Å². The molecule has 88 valence electrons. The van der Waals surface area contributed by atoms with Crippen molar-refractivity contribution >= 4 is 6.72 Å². The van der Waals surface area contributed by atoms with Gasteiger partial charge in [0.1, 0.15) is 6.54 Å². The van der Waals surface area contributed by atoms with Gasteiger partial charge in [0, 0.05) is 11.3 Å². The number of rotatable bonds is 11. The standard InChI is InChI=1S/C9H20N3O3/c1-11-12-3-5-14-7-9-15-8-6-13-4-2-10/h1-10H2/q+1. The fourth-order valence-electron chi connectivity index (χ4n) is 0.801. The summed E-state index contributed by atoms with van der Waals surface area (Å²) in [6.07, 6.45) is 0. The number of hydrogen-bond donors (Lipinski definition) is 1. The van der Waals surface area contributed by atoms with E-state index in [1.807, 2.05) is 0 Å². The van der Waals surface area contributed by atoms with E-state index in [-0.39, 0.29) is 0 Å². The Morgan fingerprint density at radius 2 is 1.47 bits per heavy atom. The van der Waals surface area contributed by atoms with Crippen LogP contribution >= 0.6 is 0 Å². The van der Waals surface area contributed by atoms with Crippen LogP contribution in [0.5, 0.6) is 0 Å². The zero-order valence-electron chi connectivity index (χ0n) is 9.06. The average molecular weight is 218 g/mol. The molecule has 0 rings (SSSR count). The monoisotopic (exact) mass is 218 g/mol. The third-order valence-electron chi connectivity index (χ3n) is 1.44. The van der Waals surface area contributed by atoms with Gasteiger partial charge in [-0.2, -0.15) is 0 Å². The highest BCUT2D eigenvalue weighted by Gasteiger charge is 1.91. The van der Waals surface area contributed by atoms with Crippen molar-refractivity contribution in [1.29, 1.82) is 0 Å². The molecule has 0 aliphatic rings. The molecule has 0 amide bonds. The molecule has 0 saturated heterocycles. The molecule has 0 aromatic heterocycles.